The number of nitrogens with one attached hydrogen (secondary N) is 1. The summed E-state index contributed by atoms with van der Waals surface area (Å²) >= 11 is 0. The molecule has 3 aromatic rings. The molecule has 0 bridgehead atoms. The van der Waals surface area contributed by atoms with Crippen LogP contribution in [0.3, 0.4) is 0 Å². The van der Waals surface area contributed by atoms with E-state index in [1.807, 2.05) is 48.9 Å². The van der Waals surface area contributed by atoms with Crippen LogP contribution in [0.4, 0.5) is 5.69 Å². The Morgan fingerprint density at radius 2 is 1.85 bits per heavy atom. The Morgan fingerprint density at radius 1 is 1.11 bits per heavy atom. The number of rotatable bonds is 4. The lowest BCUT2D eigenvalue weighted by Gasteiger charge is -2.35. The van der Waals surface area contributed by atoms with Crippen molar-refractivity contribution in [2.45, 2.75) is 51.5 Å². The van der Waals surface area contributed by atoms with Gasteiger partial charge in [-0.05, 0) is 67.4 Å². The fourth-order valence-corrected chi connectivity index (χ4v) is 3.88. The number of hydrogen-bond acceptors (Lipinski definition) is 5. The molecule has 1 N–H and O–H groups in total. The number of aromatic nitrogens is 6. The number of benzene rings is 1. The maximum atomic E-state index is 13.2. The Hall–Kier alpha value is -3.03. The van der Waals surface area contributed by atoms with Gasteiger partial charge in [-0.2, -0.15) is 5.10 Å². The molecule has 1 aliphatic carbocycles. The lowest BCUT2D eigenvalue weighted by molar-refractivity contribution is -0.126. The van der Waals surface area contributed by atoms with Crippen LogP contribution in [0.2, 0.25) is 0 Å². The predicted octanol–water partition coefficient (Wildman–Crippen LogP) is 2.77. The van der Waals surface area contributed by atoms with Gasteiger partial charge in [0.25, 0.3) is 5.91 Å². The first-order valence-electron chi connectivity index (χ1n) is 9.27. The van der Waals surface area contributed by atoms with Crippen LogP contribution in [-0.4, -0.2) is 35.9 Å². The highest BCUT2D eigenvalue weighted by molar-refractivity contribution is 5.96. The van der Waals surface area contributed by atoms with Gasteiger partial charge in [-0.15, -0.1) is 5.10 Å². The minimum atomic E-state index is -0.712. The van der Waals surface area contributed by atoms with Crippen LogP contribution in [0.15, 0.2) is 36.7 Å². The summed E-state index contributed by atoms with van der Waals surface area (Å²) in [4.78, 5) is 13.2. The van der Waals surface area contributed by atoms with Gasteiger partial charge in [0.1, 0.15) is 11.9 Å². The summed E-state index contributed by atoms with van der Waals surface area (Å²) in [7, 11) is 0. The van der Waals surface area contributed by atoms with Crippen molar-refractivity contribution >= 4 is 11.6 Å². The number of nitrogens with zero attached hydrogens (tertiary/aromatic N) is 6. The number of carbonyl (C=O) groups is 1. The Balaban J connectivity index is 1.56. The first kappa shape index (κ1) is 17.4. The molecule has 1 amide bonds. The monoisotopic (exact) mass is 365 g/mol. The third-order valence-corrected chi connectivity index (χ3v) is 5.27. The van der Waals surface area contributed by atoms with Crippen LogP contribution in [0.5, 0.6) is 0 Å². The van der Waals surface area contributed by atoms with E-state index in [0.717, 1.165) is 54.9 Å². The Morgan fingerprint density at radius 3 is 2.44 bits per heavy atom. The van der Waals surface area contributed by atoms with Gasteiger partial charge in [-0.1, -0.05) is 19.3 Å². The second kappa shape index (κ2) is 6.94. The highest BCUT2D eigenvalue weighted by atomic mass is 16.2. The van der Waals surface area contributed by atoms with Gasteiger partial charge in [0.15, 0.2) is 0 Å². The summed E-state index contributed by atoms with van der Waals surface area (Å²) in [5, 5.41) is 19.0. The zero-order valence-corrected chi connectivity index (χ0v) is 15.6. The quantitative estimate of drug-likeness (QED) is 0.768. The molecule has 1 fully saturated rings. The van der Waals surface area contributed by atoms with E-state index in [1.165, 1.54) is 6.33 Å². The zero-order chi connectivity index (χ0) is 18.9. The summed E-state index contributed by atoms with van der Waals surface area (Å²) in [6.07, 6.45) is 6.14. The number of hydrogen-bond donors (Lipinski definition) is 1. The average molecular weight is 365 g/mol. The van der Waals surface area contributed by atoms with Gasteiger partial charge in [0, 0.05) is 11.4 Å². The van der Waals surface area contributed by atoms with Crippen LogP contribution >= 0.6 is 0 Å². The normalized spacial score (nSPS) is 16.2. The number of amides is 1. The van der Waals surface area contributed by atoms with Crippen LogP contribution < -0.4 is 5.32 Å². The van der Waals surface area contributed by atoms with Crippen molar-refractivity contribution in [1.29, 1.82) is 0 Å². The summed E-state index contributed by atoms with van der Waals surface area (Å²) in [5.74, 6) is -0.0617. The molecule has 0 aliphatic heterocycles. The zero-order valence-electron chi connectivity index (χ0n) is 15.6. The Bertz CT molecular complexity index is 922. The summed E-state index contributed by atoms with van der Waals surface area (Å²) in [6, 6.07) is 9.76. The summed E-state index contributed by atoms with van der Waals surface area (Å²) in [6.45, 7) is 4.00. The highest BCUT2D eigenvalue weighted by Gasteiger charge is 2.42. The third-order valence-electron chi connectivity index (χ3n) is 5.27. The topological polar surface area (TPSA) is 90.5 Å². The fourth-order valence-electron chi connectivity index (χ4n) is 3.88. The van der Waals surface area contributed by atoms with Crippen molar-refractivity contribution in [3.05, 3.63) is 48.0 Å². The third kappa shape index (κ3) is 3.22. The van der Waals surface area contributed by atoms with Crippen LogP contribution in [0, 0.1) is 13.8 Å². The average Bonchev–Trinajstić information content (AvgIpc) is 3.33. The number of anilines is 1. The van der Waals surface area contributed by atoms with Gasteiger partial charge < -0.3 is 5.32 Å². The van der Waals surface area contributed by atoms with Crippen molar-refractivity contribution in [2.24, 2.45) is 0 Å². The van der Waals surface area contributed by atoms with Crippen molar-refractivity contribution in [3.63, 3.8) is 0 Å². The van der Waals surface area contributed by atoms with E-state index in [2.05, 4.69) is 25.9 Å². The number of aryl methyl sites for hydroxylation is 2. The molecule has 0 radical (unpaired) electrons. The van der Waals surface area contributed by atoms with E-state index in [0.29, 0.717) is 0 Å². The molecule has 1 aromatic carbocycles. The van der Waals surface area contributed by atoms with Gasteiger partial charge in [0.2, 0.25) is 0 Å². The molecular formula is C19H23N7O. The molecule has 2 aromatic heterocycles. The molecule has 8 heteroatoms. The second-order valence-electron chi connectivity index (χ2n) is 7.19. The van der Waals surface area contributed by atoms with Gasteiger partial charge in [-0.3, -0.25) is 4.79 Å². The molecule has 0 spiro atoms. The lowest BCUT2D eigenvalue weighted by atomic mass is 9.81. The maximum Gasteiger partial charge on any atom is 0.252 e. The lowest BCUT2D eigenvalue weighted by Crippen LogP contribution is -2.47. The Kier molecular flexibility index (Phi) is 4.47. The maximum absolute atomic E-state index is 13.2. The van der Waals surface area contributed by atoms with E-state index in [-0.39, 0.29) is 5.91 Å². The fraction of sp³-hybridized carbons (Fsp3) is 0.421. The van der Waals surface area contributed by atoms with Gasteiger partial charge in [-0.25, -0.2) is 9.36 Å². The molecule has 8 nitrogen and oxygen atoms in total. The van der Waals surface area contributed by atoms with Crippen molar-refractivity contribution in [3.8, 4) is 5.69 Å². The van der Waals surface area contributed by atoms with E-state index >= 15 is 0 Å². The minimum absolute atomic E-state index is 0.0617. The molecule has 0 saturated heterocycles. The largest absolute Gasteiger partial charge is 0.324 e. The Labute approximate surface area is 157 Å². The molecule has 27 heavy (non-hydrogen) atoms. The van der Waals surface area contributed by atoms with Gasteiger partial charge in [0.05, 0.1) is 11.4 Å². The van der Waals surface area contributed by atoms with Crippen LogP contribution in [-0.2, 0) is 10.3 Å². The highest BCUT2D eigenvalue weighted by Crippen LogP contribution is 2.35. The predicted molar refractivity (Wildman–Crippen MR) is 101 cm³/mol. The molecule has 0 atom stereocenters. The van der Waals surface area contributed by atoms with E-state index < -0.39 is 5.54 Å². The number of tetrazole rings is 1. The molecule has 4 rings (SSSR count). The first-order chi connectivity index (χ1) is 13.1. The molecular weight excluding hydrogens is 342 g/mol. The van der Waals surface area contributed by atoms with E-state index in [1.54, 1.807) is 4.68 Å². The smallest absolute Gasteiger partial charge is 0.252 e. The minimum Gasteiger partial charge on any atom is -0.324 e. The van der Waals surface area contributed by atoms with E-state index in [9.17, 15) is 4.79 Å². The van der Waals surface area contributed by atoms with Crippen molar-refractivity contribution in [1.82, 2.24) is 30.0 Å². The SMILES string of the molecule is Cc1cc(C)n(-c2ccc(NC(=O)C3(n4cnnn4)CCCCC3)cc2)n1. The second-order valence-corrected chi connectivity index (χ2v) is 7.19. The molecule has 0 unspecified atom stereocenters. The summed E-state index contributed by atoms with van der Waals surface area (Å²) < 4.78 is 3.51. The molecule has 140 valence electrons. The van der Waals surface area contributed by atoms with Crippen molar-refractivity contribution < 1.29 is 4.79 Å². The molecule has 2 heterocycles. The first-order valence-corrected chi connectivity index (χ1v) is 9.27. The standard InChI is InChI=1S/C19H23N7O/c1-14-12-15(2)26(22-14)17-8-6-16(7-9-17)21-18(27)19(10-4-3-5-11-19)25-13-20-23-24-25/h6-9,12-13H,3-5,10-11H2,1-2H3,(H,21,27). The molecule has 1 saturated carbocycles. The van der Waals surface area contributed by atoms with Crippen molar-refractivity contribution in [2.75, 3.05) is 5.32 Å². The van der Waals surface area contributed by atoms with Crippen LogP contribution in [0.1, 0.15) is 43.5 Å². The van der Waals surface area contributed by atoms with E-state index in [4.69, 9.17) is 0 Å². The molecule has 1 aliphatic rings. The van der Waals surface area contributed by atoms with Crippen LogP contribution in [0.25, 0.3) is 5.69 Å². The van der Waals surface area contributed by atoms with Gasteiger partial charge >= 0.3 is 0 Å². The summed E-state index contributed by atoms with van der Waals surface area (Å²) in [5.41, 5.74) is 3.06. The number of carbonyl (C=O) groups excluding carboxylic acids is 1.